The van der Waals surface area contributed by atoms with Crippen molar-refractivity contribution in [3.63, 3.8) is 0 Å². The molecule has 4 heterocycles. The van der Waals surface area contributed by atoms with Crippen LogP contribution in [0.1, 0.15) is 50.8 Å². The summed E-state index contributed by atoms with van der Waals surface area (Å²) in [6, 6.07) is 0. The van der Waals surface area contributed by atoms with Crippen LogP contribution in [0.3, 0.4) is 0 Å². The fraction of sp³-hybridized carbons (Fsp3) is 0.789. The lowest BCUT2D eigenvalue weighted by Gasteiger charge is -2.32. The second-order valence-electron chi connectivity index (χ2n) is 8.84. The maximum atomic E-state index is 12.8. The van der Waals surface area contributed by atoms with Gasteiger partial charge in [-0.25, -0.2) is 18.4 Å². The molecule has 0 aliphatic carbocycles. The SMILES string of the molecule is CC(C)CN1C[C@H]2c3nc(N4CCCC(C)C4)ncc3CS(=O)(=O)[C@H]2C1. The van der Waals surface area contributed by atoms with Gasteiger partial charge < -0.3 is 9.80 Å². The smallest absolute Gasteiger partial charge is 0.225 e. The molecule has 0 N–H and O–H groups in total. The molecule has 0 aromatic carbocycles. The summed E-state index contributed by atoms with van der Waals surface area (Å²) in [6.45, 7) is 11.0. The second-order valence-corrected chi connectivity index (χ2v) is 11.1. The highest BCUT2D eigenvalue weighted by atomic mass is 32.2. The maximum Gasteiger partial charge on any atom is 0.225 e. The fourth-order valence-electron chi connectivity index (χ4n) is 4.83. The molecule has 26 heavy (non-hydrogen) atoms. The molecule has 1 unspecified atom stereocenters. The van der Waals surface area contributed by atoms with Crippen LogP contribution in [-0.4, -0.2) is 61.3 Å². The van der Waals surface area contributed by atoms with Gasteiger partial charge in [0.25, 0.3) is 0 Å². The van der Waals surface area contributed by atoms with Crippen molar-refractivity contribution in [2.24, 2.45) is 11.8 Å². The van der Waals surface area contributed by atoms with E-state index in [4.69, 9.17) is 4.98 Å². The van der Waals surface area contributed by atoms with Gasteiger partial charge in [-0.3, -0.25) is 0 Å². The van der Waals surface area contributed by atoms with Crippen LogP contribution < -0.4 is 4.90 Å². The first kappa shape index (κ1) is 18.2. The Kier molecular flexibility index (Phi) is 4.72. The van der Waals surface area contributed by atoms with E-state index in [1.54, 1.807) is 6.20 Å². The van der Waals surface area contributed by atoms with E-state index in [1.807, 2.05) is 0 Å². The van der Waals surface area contributed by atoms with E-state index in [9.17, 15) is 8.42 Å². The average molecular weight is 379 g/mol. The summed E-state index contributed by atoms with van der Waals surface area (Å²) in [5.74, 6) is 2.06. The Hall–Kier alpha value is -1.21. The predicted octanol–water partition coefficient (Wildman–Crippen LogP) is 2.07. The molecule has 2 fully saturated rings. The molecule has 0 radical (unpaired) electrons. The highest BCUT2D eigenvalue weighted by Crippen LogP contribution is 2.40. The zero-order valence-electron chi connectivity index (χ0n) is 16.1. The van der Waals surface area contributed by atoms with E-state index in [-0.39, 0.29) is 16.9 Å². The Labute approximate surface area is 156 Å². The molecule has 0 saturated carbocycles. The van der Waals surface area contributed by atoms with Crippen molar-refractivity contribution in [2.45, 2.75) is 50.5 Å². The van der Waals surface area contributed by atoms with Crippen molar-refractivity contribution in [1.82, 2.24) is 14.9 Å². The van der Waals surface area contributed by atoms with Crippen LogP contribution in [0.5, 0.6) is 0 Å². The number of anilines is 1. The summed E-state index contributed by atoms with van der Waals surface area (Å²) in [7, 11) is -3.12. The minimum absolute atomic E-state index is 0.00790. The summed E-state index contributed by atoms with van der Waals surface area (Å²) in [5.41, 5.74) is 1.80. The largest absolute Gasteiger partial charge is 0.341 e. The highest BCUT2D eigenvalue weighted by Gasteiger charge is 2.47. The topological polar surface area (TPSA) is 66.4 Å². The van der Waals surface area contributed by atoms with Gasteiger partial charge in [0, 0.05) is 50.4 Å². The summed E-state index contributed by atoms with van der Waals surface area (Å²) in [5, 5.41) is -0.309. The molecule has 6 nitrogen and oxygen atoms in total. The third-order valence-electron chi connectivity index (χ3n) is 5.96. The number of aromatic nitrogens is 2. The van der Waals surface area contributed by atoms with Gasteiger partial charge in [-0.15, -0.1) is 0 Å². The van der Waals surface area contributed by atoms with Crippen LogP contribution in [0.2, 0.25) is 0 Å². The zero-order chi connectivity index (χ0) is 18.5. The molecule has 7 heteroatoms. The van der Waals surface area contributed by atoms with Crippen molar-refractivity contribution in [3.05, 3.63) is 17.5 Å². The monoisotopic (exact) mass is 378 g/mol. The van der Waals surface area contributed by atoms with Crippen LogP contribution in [0.25, 0.3) is 0 Å². The van der Waals surface area contributed by atoms with Crippen molar-refractivity contribution in [3.8, 4) is 0 Å². The molecular formula is C19H30N4O2S. The summed E-state index contributed by atoms with van der Waals surface area (Å²) in [4.78, 5) is 14.0. The van der Waals surface area contributed by atoms with Crippen LogP contribution in [-0.2, 0) is 15.6 Å². The predicted molar refractivity (Wildman–Crippen MR) is 103 cm³/mol. The minimum atomic E-state index is -3.12. The molecule has 0 spiro atoms. The Bertz CT molecular complexity index is 780. The number of likely N-dealkylation sites (tertiary alicyclic amines) is 1. The number of hydrogen-bond donors (Lipinski definition) is 0. The first-order valence-corrected chi connectivity index (χ1v) is 11.6. The van der Waals surface area contributed by atoms with Crippen molar-refractivity contribution < 1.29 is 8.42 Å². The van der Waals surface area contributed by atoms with Crippen LogP contribution in [0.4, 0.5) is 5.95 Å². The van der Waals surface area contributed by atoms with Gasteiger partial charge in [-0.1, -0.05) is 20.8 Å². The quantitative estimate of drug-likeness (QED) is 0.802. The molecule has 3 atom stereocenters. The lowest BCUT2D eigenvalue weighted by Crippen LogP contribution is -2.38. The summed E-state index contributed by atoms with van der Waals surface area (Å²) < 4.78 is 25.6. The number of hydrogen-bond acceptors (Lipinski definition) is 6. The van der Waals surface area contributed by atoms with E-state index in [2.05, 4.69) is 35.6 Å². The molecule has 3 aliphatic heterocycles. The maximum absolute atomic E-state index is 12.8. The van der Waals surface area contributed by atoms with Gasteiger partial charge in [0.1, 0.15) is 0 Å². The molecule has 4 rings (SSSR count). The molecule has 0 bridgehead atoms. The van der Waals surface area contributed by atoms with Crippen LogP contribution in [0.15, 0.2) is 6.20 Å². The first-order valence-electron chi connectivity index (χ1n) is 9.88. The highest BCUT2D eigenvalue weighted by molar-refractivity contribution is 7.91. The van der Waals surface area contributed by atoms with Crippen LogP contribution >= 0.6 is 0 Å². The van der Waals surface area contributed by atoms with Gasteiger partial charge in [-0.2, -0.15) is 0 Å². The van der Waals surface area contributed by atoms with E-state index in [1.165, 1.54) is 12.8 Å². The normalized spacial score (nSPS) is 31.1. The molecule has 1 aromatic heterocycles. The zero-order valence-corrected chi connectivity index (χ0v) is 16.9. The molecule has 0 amide bonds. The molecule has 144 valence electrons. The molecular weight excluding hydrogens is 348 g/mol. The first-order chi connectivity index (χ1) is 12.3. The van der Waals surface area contributed by atoms with Gasteiger partial charge >= 0.3 is 0 Å². The Morgan fingerprint density at radius 2 is 2.08 bits per heavy atom. The number of nitrogens with zero attached hydrogens (tertiary/aromatic N) is 4. The average Bonchev–Trinajstić information content (AvgIpc) is 2.99. The van der Waals surface area contributed by atoms with E-state index in [0.717, 1.165) is 43.4 Å². The molecule has 1 aromatic rings. The number of piperidine rings is 1. The molecule has 3 aliphatic rings. The molecule has 2 saturated heterocycles. The number of fused-ring (bicyclic) bond motifs is 3. The Morgan fingerprint density at radius 3 is 2.81 bits per heavy atom. The van der Waals surface area contributed by atoms with Crippen molar-refractivity contribution in [1.29, 1.82) is 0 Å². The van der Waals surface area contributed by atoms with Crippen LogP contribution in [0, 0.1) is 11.8 Å². The third kappa shape index (κ3) is 3.36. The third-order valence-corrected chi connectivity index (χ3v) is 8.07. The van der Waals surface area contributed by atoms with Gasteiger partial charge in [0.2, 0.25) is 5.95 Å². The Morgan fingerprint density at radius 1 is 1.27 bits per heavy atom. The van der Waals surface area contributed by atoms with Gasteiger partial charge in [0.15, 0.2) is 9.84 Å². The van der Waals surface area contributed by atoms with Crippen molar-refractivity contribution in [2.75, 3.05) is 37.6 Å². The van der Waals surface area contributed by atoms with Crippen molar-refractivity contribution >= 4 is 15.8 Å². The second kappa shape index (κ2) is 6.75. The van der Waals surface area contributed by atoms with Gasteiger partial charge in [0.05, 0.1) is 16.7 Å². The Balaban J connectivity index is 1.65. The minimum Gasteiger partial charge on any atom is -0.341 e. The number of rotatable bonds is 3. The lowest BCUT2D eigenvalue weighted by atomic mass is 9.99. The number of sulfone groups is 1. The van der Waals surface area contributed by atoms with E-state index in [0.29, 0.717) is 18.4 Å². The van der Waals surface area contributed by atoms with E-state index < -0.39 is 9.84 Å². The standard InChI is InChI=1S/C19H30N4O2S/c1-13(2)8-22-10-16-17(11-22)26(24,25)12-15-7-20-19(21-18(15)16)23-6-4-5-14(3)9-23/h7,13-14,16-17H,4-6,8-12H2,1-3H3/t14?,16-,17+/m1/s1. The fourth-order valence-corrected chi connectivity index (χ4v) is 6.86. The lowest BCUT2D eigenvalue weighted by molar-refractivity contribution is 0.294. The van der Waals surface area contributed by atoms with Gasteiger partial charge in [-0.05, 0) is 24.7 Å². The van der Waals surface area contributed by atoms with E-state index >= 15 is 0 Å². The summed E-state index contributed by atoms with van der Waals surface area (Å²) >= 11 is 0. The summed E-state index contributed by atoms with van der Waals surface area (Å²) in [6.07, 6.45) is 4.20.